The zero-order valence-corrected chi connectivity index (χ0v) is 15.6. The van der Waals surface area contributed by atoms with Crippen LogP contribution >= 0.6 is 0 Å². The Morgan fingerprint density at radius 3 is 2.66 bits per heavy atom. The molecular formula is C18H22N4O7. The Hall–Kier alpha value is -2.86. The molecule has 0 saturated carbocycles. The van der Waals surface area contributed by atoms with Crippen molar-refractivity contribution in [3.8, 4) is 0 Å². The third-order valence-corrected chi connectivity index (χ3v) is 4.39. The minimum absolute atomic E-state index is 0.245. The number of esters is 1. The molecule has 11 heteroatoms. The van der Waals surface area contributed by atoms with E-state index in [1.54, 1.807) is 6.92 Å². The smallest absolute Gasteiger partial charge is 0.335 e. The molecule has 29 heavy (non-hydrogen) atoms. The lowest BCUT2D eigenvalue weighted by Crippen LogP contribution is -2.35. The molecule has 1 aliphatic rings. The largest absolute Gasteiger partial charge is 0.461 e. The van der Waals surface area contributed by atoms with Crippen molar-refractivity contribution in [2.75, 3.05) is 6.61 Å². The van der Waals surface area contributed by atoms with Gasteiger partial charge in [-0.25, -0.2) is 14.5 Å². The van der Waals surface area contributed by atoms with Crippen molar-refractivity contribution in [3.63, 3.8) is 0 Å². The Bertz CT molecular complexity index is 844. The van der Waals surface area contributed by atoms with E-state index in [0.29, 0.717) is 0 Å². The molecule has 1 aromatic carbocycles. The average Bonchev–Trinajstić information content (AvgIpc) is 3.31. The van der Waals surface area contributed by atoms with Crippen LogP contribution in [0.25, 0.3) is 0 Å². The summed E-state index contributed by atoms with van der Waals surface area (Å²) in [5.41, 5.74) is 6.00. The molecule has 5 atom stereocenters. The van der Waals surface area contributed by atoms with E-state index in [4.69, 9.17) is 19.9 Å². The number of nitrogens with zero attached hydrogens (tertiary/aromatic N) is 3. The molecule has 0 radical (unpaired) electrons. The van der Waals surface area contributed by atoms with Gasteiger partial charge >= 0.3 is 5.97 Å². The number of carbonyl (C=O) groups excluding carboxylic acids is 2. The summed E-state index contributed by atoms with van der Waals surface area (Å²) in [6.07, 6.45) is -4.50. The highest BCUT2D eigenvalue weighted by Gasteiger charge is 2.45. The van der Waals surface area contributed by atoms with Gasteiger partial charge < -0.3 is 30.2 Å². The normalized spacial score (nSPS) is 24.9. The van der Waals surface area contributed by atoms with Gasteiger partial charge in [0.1, 0.15) is 31.2 Å². The van der Waals surface area contributed by atoms with E-state index in [1.165, 1.54) is 0 Å². The van der Waals surface area contributed by atoms with E-state index in [0.717, 1.165) is 16.6 Å². The van der Waals surface area contributed by atoms with Gasteiger partial charge in [0.15, 0.2) is 12.3 Å². The first-order chi connectivity index (χ1) is 13.9. The predicted molar refractivity (Wildman–Crippen MR) is 96.1 cm³/mol. The number of carbonyl (C=O) groups is 2. The maximum absolute atomic E-state index is 12.1. The van der Waals surface area contributed by atoms with Gasteiger partial charge in [0, 0.05) is 0 Å². The molecule has 1 fully saturated rings. The molecule has 1 unspecified atom stereocenters. The summed E-state index contributed by atoms with van der Waals surface area (Å²) in [7, 11) is 0. The van der Waals surface area contributed by atoms with Crippen molar-refractivity contribution in [3.05, 3.63) is 48.0 Å². The number of aromatic nitrogens is 3. The van der Waals surface area contributed by atoms with Gasteiger partial charge in [0.25, 0.3) is 5.91 Å². The van der Waals surface area contributed by atoms with Crippen LogP contribution < -0.4 is 5.73 Å². The highest BCUT2D eigenvalue weighted by molar-refractivity contribution is 5.88. The first kappa shape index (κ1) is 20.9. The molecule has 3 rings (SSSR count). The standard InChI is InChI=1S/C18H22N4O7/c1-10(27-7-11-5-3-2-4-6-11)18(26)28-8-12-13(23)14(24)17(29-12)22-9-20-16(21-22)15(19)25/h2-6,9-10,12-14,17,23-24H,7-8H2,1H3,(H2,19,25)/t10-,12+,13?,14+,17+/m0/s1. The van der Waals surface area contributed by atoms with Crippen molar-refractivity contribution in [1.82, 2.24) is 14.8 Å². The SMILES string of the molecule is C[C@H](OCc1ccccc1)C(=O)OC[C@H]1O[C@@H](n2cnc(C(N)=O)n2)[C@H](O)C1O. The third kappa shape index (κ3) is 4.95. The van der Waals surface area contributed by atoms with E-state index in [-0.39, 0.29) is 19.0 Å². The molecule has 2 heterocycles. The first-order valence-electron chi connectivity index (χ1n) is 8.91. The number of primary amides is 1. The predicted octanol–water partition coefficient (Wildman–Crippen LogP) is -0.855. The fourth-order valence-electron chi connectivity index (χ4n) is 2.74. The molecule has 0 spiro atoms. The fraction of sp³-hybridized carbons (Fsp3) is 0.444. The number of aliphatic hydroxyl groups excluding tert-OH is 2. The fourth-order valence-corrected chi connectivity index (χ4v) is 2.74. The van der Waals surface area contributed by atoms with E-state index in [9.17, 15) is 19.8 Å². The van der Waals surface area contributed by atoms with Crippen LogP contribution in [0.2, 0.25) is 0 Å². The van der Waals surface area contributed by atoms with Crippen LogP contribution in [-0.2, 0) is 25.6 Å². The second kappa shape index (κ2) is 9.09. The minimum atomic E-state index is -1.37. The monoisotopic (exact) mass is 406 g/mol. The Balaban J connectivity index is 1.50. The highest BCUT2D eigenvalue weighted by Crippen LogP contribution is 2.29. The lowest BCUT2D eigenvalue weighted by Gasteiger charge is -2.17. The van der Waals surface area contributed by atoms with Gasteiger partial charge in [-0.15, -0.1) is 5.10 Å². The van der Waals surface area contributed by atoms with Crippen molar-refractivity contribution in [2.24, 2.45) is 5.73 Å². The summed E-state index contributed by atoms with van der Waals surface area (Å²) in [6, 6.07) is 9.35. The number of ether oxygens (including phenoxy) is 3. The summed E-state index contributed by atoms with van der Waals surface area (Å²) in [5, 5.41) is 24.1. The lowest BCUT2D eigenvalue weighted by molar-refractivity contribution is -0.163. The lowest BCUT2D eigenvalue weighted by atomic mass is 10.1. The Morgan fingerprint density at radius 1 is 1.28 bits per heavy atom. The summed E-state index contributed by atoms with van der Waals surface area (Å²) in [6.45, 7) is 1.49. The summed E-state index contributed by atoms with van der Waals surface area (Å²) in [5.74, 6) is -1.73. The molecule has 0 bridgehead atoms. The molecule has 11 nitrogen and oxygen atoms in total. The maximum Gasteiger partial charge on any atom is 0.335 e. The van der Waals surface area contributed by atoms with Crippen LogP contribution in [0.4, 0.5) is 0 Å². The Kier molecular flexibility index (Phi) is 6.54. The summed E-state index contributed by atoms with van der Waals surface area (Å²) < 4.78 is 17.2. The molecule has 2 aromatic rings. The van der Waals surface area contributed by atoms with Crippen molar-refractivity contribution >= 4 is 11.9 Å². The highest BCUT2D eigenvalue weighted by atomic mass is 16.6. The molecule has 4 N–H and O–H groups in total. The van der Waals surface area contributed by atoms with E-state index >= 15 is 0 Å². The molecular weight excluding hydrogens is 384 g/mol. The van der Waals surface area contributed by atoms with E-state index in [2.05, 4.69) is 10.1 Å². The van der Waals surface area contributed by atoms with E-state index in [1.807, 2.05) is 30.3 Å². The maximum atomic E-state index is 12.1. The van der Waals surface area contributed by atoms with Gasteiger partial charge in [-0.3, -0.25) is 4.79 Å². The number of aliphatic hydroxyl groups is 2. The Morgan fingerprint density at radius 2 is 2.00 bits per heavy atom. The Labute approximate surface area is 166 Å². The quantitative estimate of drug-likeness (QED) is 0.474. The number of hydrogen-bond donors (Lipinski definition) is 3. The average molecular weight is 406 g/mol. The van der Waals surface area contributed by atoms with Crippen LogP contribution in [0.3, 0.4) is 0 Å². The van der Waals surface area contributed by atoms with Crippen LogP contribution in [0.5, 0.6) is 0 Å². The number of benzene rings is 1. The van der Waals surface area contributed by atoms with Gasteiger partial charge in [-0.05, 0) is 12.5 Å². The number of rotatable bonds is 8. The van der Waals surface area contributed by atoms with Crippen molar-refractivity contribution in [2.45, 2.75) is 44.2 Å². The number of amides is 1. The van der Waals surface area contributed by atoms with Crippen molar-refractivity contribution < 1.29 is 34.0 Å². The van der Waals surface area contributed by atoms with Gasteiger partial charge in [-0.1, -0.05) is 30.3 Å². The molecule has 1 aromatic heterocycles. The summed E-state index contributed by atoms with van der Waals surface area (Å²) >= 11 is 0. The molecule has 156 valence electrons. The van der Waals surface area contributed by atoms with E-state index < -0.39 is 42.5 Å². The zero-order chi connectivity index (χ0) is 21.0. The van der Waals surface area contributed by atoms with Gasteiger partial charge in [-0.2, -0.15) is 0 Å². The third-order valence-electron chi connectivity index (χ3n) is 4.39. The topological polar surface area (TPSA) is 159 Å². The zero-order valence-electron chi connectivity index (χ0n) is 15.6. The second-order valence-electron chi connectivity index (χ2n) is 6.53. The van der Waals surface area contributed by atoms with Crippen LogP contribution in [0.15, 0.2) is 36.7 Å². The van der Waals surface area contributed by atoms with Crippen LogP contribution in [0.1, 0.15) is 29.3 Å². The summed E-state index contributed by atoms with van der Waals surface area (Å²) in [4.78, 5) is 26.9. The van der Waals surface area contributed by atoms with Crippen LogP contribution in [-0.4, -0.2) is 67.9 Å². The molecule has 1 aliphatic heterocycles. The van der Waals surface area contributed by atoms with Gasteiger partial charge in [0.2, 0.25) is 5.82 Å². The number of nitrogens with two attached hydrogens (primary N) is 1. The minimum Gasteiger partial charge on any atom is -0.461 e. The second-order valence-corrected chi connectivity index (χ2v) is 6.53. The number of hydrogen-bond acceptors (Lipinski definition) is 9. The van der Waals surface area contributed by atoms with Crippen LogP contribution in [0, 0.1) is 0 Å². The van der Waals surface area contributed by atoms with Gasteiger partial charge in [0.05, 0.1) is 6.61 Å². The van der Waals surface area contributed by atoms with Crippen molar-refractivity contribution in [1.29, 1.82) is 0 Å². The first-order valence-corrected chi connectivity index (χ1v) is 8.91. The molecule has 0 aliphatic carbocycles. The molecule has 1 saturated heterocycles. The molecule has 1 amide bonds.